The topological polar surface area (TPSA) is 34.1 Å². The summed E-state index contributed by atoms with van der Waals surface area (Å²) in [5.74, 6) is 0. The van der Waals surface area contributed by atoms with Crippen molar-refractivity contribution < 1.29 is 4.74 Å². The van der Waals surface area contributed by atoms with Gasteiger partial charge in [0.2, 0.25) is 0 Å². The number of hydrogen-bond donors (Lipinski definition) is 1. The molecule has 0 aliphatic carbocycles. The van der Waals surface area contributed by atoms with E-state index in [1.165, 1.54) is 29.0 Å². The zero-order chi connectivity index (χ0) is 15.2. The van der Waals surface area contributed by atoms with E-state index in [9.17, 15) is 0 Å². The third-order valence-corrected chi connectivity index (χ3v) is 5.03. The molecule has 0 spiro atoms. The van der Waals surface area contributed by atoms with Crippen LogP contribution in [0.3, 0.4) is 0 Å². The Hall–Kier alpha value is -1.23. The lowest BCUT2D eigenvalue weighted by Gasteiger charge is -2.09. The van der Waals surface area contributed by atoms with Gasteiger partial charge in [0, 0.05) is 37.1 Å². The molecule has 0 radical (unpaired) electrons. The van der Waals surface area contributed by atoms with E-state index in [0.29, 0.717) is 6.10 Å². The van der Waals surface area contributed by atoms with Crippen LogP contribution in [-0.4, -0.2) is 30.8 Å². The lowest BCUT2D eigenvalue weighted by atomic mass is 10.1. The molecule has 22 heavy (non-hydrogen) atoms. The van der Waals surface area contributed by atoms with Gasteiger partial charge in [0.05, 0.1) is 16.8 Å². The fourth-order valence-electron chi connectivity index (χ4n) is 2.73. The van der Waals surface area contributed by atoms with E-state index in [4.69, 9.17) is 9.72 Å². The molecule has 1 unspecified atom stereocenters. The molecule has 2 heterocycles. The van der Waals surface area contributed by atoms with Gasteiger partial charge in [0.1, 0.15) is 0 Å². The second-order valence-corrected chi connectivity index (χ2v) is 6.71. The normalized spacial score (nSPS) is 18.0. The minimum absolute atomic E-state index is 0.420. The highest BCUT2D eigenvalue weighted by molar-refractivity contribution is 7.09. The number of aryl methyl sites for hydroxylation is 1. The van der Waals surface area contributed by atoms with Gasteiger partial charge in [0.15, 0.2) is 0 Å². The smallest absolute Gasteiger partial charge is 0.0945 e. The number of nitrogens with one attached hydrogen (secondary N) is 1. The maximum absolute atomic E-state index is 5.61. The van der Waals surface area contributed by atoms with Gasteiger partial charge >= 0.3 is 0 Å². The van der Waals surface area contributed by atoms with Crippen LogP contribution in [-0.2, 0) is 17.6 Å². The van der Waals surface area contributed by atoms with Gasteiger partial charge < -0.3 is 10.1 Å². The molecule has 1 aromatic carbocycles. The first-order valence-electron chi connectivity index (χ1n) is 8.21. The Morgan fingerprint density at radius 2 is 2.18 bits per heavy atom. The zero-order valence-corrected chi connectivity index (χ0v) is 14.0. The van der Waals surface area contributed by atoms with Gasteiger partial charge in [-0.05, 0) is 24.8 Å². The number of hydrogen-bond acceptors (Lipinski definition) is 4. The summed E-state index contributed by atoms with van der Waals surface area (Å²) in [4.78, 5) is 4.75. The number of aromatic nitrogens is 1. The van der Waals surface area contributed by atoms with Gasteiger partial charge in [-0.3, -0.25) is 0 Å². The average Bonchev–Trinajstić information content (AvgIpc) is 3.23. The van der Waals surface area contributed by atoms with Crippen LogP contribution >= 0.6 is 11.3 Å². The van der Waals surface area contributed by atoms with Crippen molar-refractivity contribution in [3.63, 3.8) is 0 Å². The number of benzene rings is 1. The monoisotopic (exact) mass is 316 g/mol. The van der Waals surface area contributed by atoms with Crippen LogP contribution in [0.1, 0.15) is 30.3 Å². The number of ether oxygens (including phenoxy) is 1. The summed E-state index contributed by atoms with van der Waals surface area (Å²) in [5.41, 5.74) is 3.69. The Morgan fingerprint density at radius 1 is 1.32 bits per heavy atom. The van der Waals surface area contributed by atoms with E-state index < -0.39 is 0 Å². The molecular weight excluding hydrogens is 292 g/mol. The average molecular weight is 316 g/mol. The molecule has 0 amide bonds. The van der Waals surface area contributed by atoms with E-state index in [-0.39, 0.29) is 0 Å². The SMILES string of the molecule is CCc1ccc(-c2csc(CCNCC3CCCO3)n2)cc1. The van der Waals surface area contributed by atoms with Gasteiger partial charge in [-0.2, -0.15) is 0 Å². The molecule has 1 fully saturated rings. The highest BCUT2D eigenvalue weighted by Crippen LogP contribution is 2.22. The standard InChI is InChI=1S/C18H24N2OS/c1-2-14-5-7-15(8-6-14)17-13-22-18(20-17)9-10-19-12-16-4-3-11-21-16/h5-8,13,16,19H,2-4,9-12H2,1H3. The fourth-order valence-corrected chi connectivity index (χ4v) is 3.54. The van der Waals surface area contributed by atoms with E-state index >= 15 is 0 Å². The second-order valence-electron chi connectivity index (χ2n) is 5.77. The van der Waals surface area contributed by atoms with E-state index in [1.807, 2.05) is 0 Å². The van der Waals surface area contributed by atoms with Crippen molar-refractivity contribution in [2.24, 2.45) is 0 Å². The molecule has 0 saturated carbocycles. The first kappa shape index (κ1) is 15.7. The minimum atomic E-state index is 0.420. The molecule has 1 atom stereocenters. The molecule has 3 nitrogen and oxygen atoms in total. The molecule has 2 aromatic rings. The maximum atomic E-state index is 5.61. The third-order valence-electron chi connectivity index (χ3n) is 4.12. The number of nitrogens with zero attached hydrogens (tertiary/aromatic N) is 1. The molecule has 1 aliphatic heterocycles. The Bertz CT molecular complexity index is 573. The van der Waals surface area contributed by atoms with Crippen LogP contribution in [0, 0.1) is 0 Å². The Morgan fingerprint density at radius 3 is 2.91 bits per heavy atom. The molecule has 4 heteroatoms. The predicted octanol–water partition coefficient (Wildman–Crippen LogP) is 3.68. The van der Waals surface area contributed by atoms with Crippen LogP contribution in [0.5, 0.6) is 0 Å². The largest absolute Gasteiger partial charge is 0.377 e. The summed E-state index contributed by atoms with van der Waals surface area (Å²) in [7, 11) is 0. The van der Waals surface area contributed by atoms with Crippen LogP contribution in [0.25, 0.3) is 11.3 Å². The van der Waals surface area contributed by atoms with Crippen molar-refractivity contribution in [1.29, 1.82) is 0 Å². The first-order chi connectivity index (χ1) is 10.8. The van der Waals surface area contributed by atoms with Gasteiger partial charge in [0.25, 0.3) is 0 Å². The zero-order valence-electron chi connectivity index (χ0n) is 13.2. The Kier molecular flexibility index (Phi) is 5.59. The van der Waals surface area contributed by atoms with Crippen LogP contribution < -0.4 is 5.32 Å². The summed E-state index contributed by atoms with van der Waals surface area (Å²) < 4.78 is 5.61. The van der Waals surface area contributed by atoms with Crippen molar-refractivity contribution >= 4 is 11.3 Å². The van der Waals surface area contributed by atoms with E-state index in [1.54, 1.807) is 11.3 Å². The molecule has 118 valence electrons. The molecule has 1 saturated heterocycles. The molecule has 1 aromatic heterocycles. The minimum Gasteiger partial charge on any atom is -0.377 e. The maximum Gasteiger partial charge on any atom is 0.0945 e. The number of rotatable bonds is 7. The lowest BCUT2D eigenvalue weighted by molar-refractivity contribution is 0.110. The predicted molar refractivity (Wildman–Crippen MR) is 92.5 cm³/mol. The van der Waals surface area contributed by atoms with Crippen molar-refractivity contribution in [1.82, 2.24) is 10.3 Å². The van der Waals surface area contributed by atoms with Crippen molar-refractivity contribution in [3.8, 4) is 11.3 Å². The highest BCUT2D eigenvalue weighted by atomic mass is 32.1. The molecule has 1 aliphatic rings. The lowest BCUT2D eigenvalue weighted by Crippen LogP contribution is -2.27. The Labute approximate surface area is 136 Å². The summed E-state index contributed by atoms with van der Waals surface area (Å²) in [6.45, 7) is 5.05. The third kappa shape index (κ3) is 4.15. The van der Waals surface area contributed by atoms with Gasteiger partial charge in [-0.1, -0.05) is 31.2 Å². The summed E-state index contributed by atoms with van der Waals surface area (Å²) in [5, 5.41) is 6.85. The molecule has 3 rings (SSSR count). The number of thiazole rings is 1. The van der Waals surface area contributed by atoms with Crippen LogP contribution in [0.4, 0.5) is 0 Å². The fraction of sp³-hybridized carbons (Fsp3) is 0.500. The summed E-state index contributed by atoms with van der Waals surface area (Å²) in [6, 6.07) is 8.73. The van der Waals surface area contributed by atoms with Gasteiger partial charge in [-0.25, -0.2) is 4.98 Å². The van der Waals surface area contributed by atoms with E-state index in [0.717, 1.165) is 38.2 Å². The van der Waals surface area contributed by atoms with Gasteiger partial charge in [-0.15, -0.1) is 11.3 Å². The van der Waals surface area contributed by atoms with Crippen molar-refractivity contribution in [3.05, 3.63) is 40.2 Å². The van der Waals surface area contributed by atoms with Crippen LogP contribution in [0.2, 0.25) is 0 Å². The highest BCUT2D eigenvalue weighted by Gasteiger charge is 2.14. The summed E-state index contributed by atoms with van der Waals surface area (Å²) >= 11 is 1.75. The Balaban J connectivity index is 1.47. The van der Waals surface area contributed by atoms with Crippen molar-refractivity contribution in [2.45, 2.75) is 38.7 Å². The quantitative estimate of drug-likeness (QED) is 0.791. The van der Waals surface area contributed by atoms with Crippen LogP contribution in [0.15, 0.2) is 29.6 Å². The van der Waals surface area contributed by atoms with Crippen molar-refractivity contribution in [2.75, 3.05) is 19.7 Å². The van der Waals surface area contributed by atoms with E-state index in [2.05, 4.69) is 41.9 Å². The second kappa shape index (κ2) is 7.86. The molecule has 0 bridgehead atoms. The first-order valence-corrected chi connectivity index (χ1v) is 9.09. The summed E-state index contributed by atoms with van der Waals surface area (Å²) in [6.07, 6.45) is 4.90. The molecular formula is C18H24N2OS. The molecule has 1 N–H and O–H groups in total.